The maximum absolute atomic E-state index is 12.9. The Hall–Kier alpha value is -1.78. The summed E-state index contributed by atoms with van der Waals surface area (Å²) in [5.41, 5.74) is 0.421. The summed E-state index contributed by atoms with van der Waals surface area (Å²) in [5, 5.41) is 3.58. The third-order valence-corrected chi connectivity index (χ3v) is 9.43. The minimum atomic E-state index is -3.80. The summed E-state index contributed by atoms with van der Waals surface area (Å²) in [6.45, 7) is 13.9. The molecule has 0 heterocycles. The zero-order valence-corrected chi connectivity index (χ0v) is 30.2. The van der Waals surface area contributed by atoms with E-state index in [9.17, 15) is 9.36 Å². The van der Waals surface area contributed by atoms with E-state index in [2.05, 4.69) is 38.2 Å². The average molecular weight is 674 g/mol. The summed E-state index contributed by atoms with van der Waals surface area (Å²) in [4.78, 5) is 14.8. The normalized spacial score (nSPS) is 13.8. The Bertz CT molecular complexity index is 1270. The van der Waals surface area contributed by atoms with Crippen LogP contribution in [0, 0.1) is 0 Å². The minimum absolute atomic E-state index is 0.0289. The van der Waals surface area contributed by atoms with Crippen molar-refractivity contribution in [2.24, 2.45) is 0 Å². The maximum atomic E-state index is 12.9. The molecule has 0 aromatic heterocycles. The molecule has 0 aliphatic carbocycles. The Labute approximate surface area is 272 Å². The van der Waals surface area contributed by atoms with Crippen LogP contribution < -0.4 is 10.1 Å². The van der Waals surface area contributed by atoms with Gasteiger partial charge in [-0.05, 0) is 80.8 Å². The van der Waals surface area contributed by atoms with Crippen LogP contribution in [-0.4, -0.2) is 52.0 Å². The van der Waals surface area contributed by atoms with Gasteiger partial charge in [0.05, 0.1) is 17.0 Å². The minimum Gasteiger partial charge on any atom is -0.466 e. The SMILES string of the molecule is CCC[C@](CCc1ccc(Sc2cc(C(C)(C)C)ccc2OCOC)cc1Cl)(COP(=O)(OC)OC)NC(=O)OC(C)(C)C. The molecule has 0 bridgehead atoms. The average Bonchev–Trinajstić information content (AvgIpc) is 2.93. The molecule has 0 radical (unpaired) electrons. The lowest BCUT2D eigenvalue weighted by Gasteiger charge is -2.36. The number of rotatable bonds is 16. The van der Waals surface area contributed by atoms with E-state index in [1.54, 1.807) is 39.6 Å². The molecule has 2 rings (SSSR count). The van der Waals surface area contributed by atoms with Gasteiger partial charge < -0.3 is 19.5 Å². The molecule has 0 aliphatic heterocycles. The van der Waals surface area contributed by atoms with Gasteiger partial charge in [0.25, 0.3) is 0 Å². The molecule has 0 unspecified atom stereocenters. The van der Waals surface area contributed by atoms with Gasteiger partial charge in [-0.25, -0.2) is 9.36 Å². The van der Waals surface area contributed by atoms with Crippen molar-refractivity contribution in [1.29, 1.82) is 0 Å². The third-order valence-electron chi connectivity index (χ3n) is 6.71. The molecule has 1 N–H and O–H groups in total. The second kappa shape index (κ2) is 16.7. The molecule has 248 valence electrons. The van der Waals surface area contributed by atoms with E-state index in [-0.39, 0.29) is 18.8 Å². The van der Waals surface area contributed by atoms with Crippen molar-refractivity contribution in [3.63, 3.8) is 0 Å². The number of methoxy groups -OCH3 is 1. The number of nitrogens with one attached hydrogen (secondary N) is 1. The number of carbonyl (C=O) groups is 1. The predicted molar refractivity (Wildman–Crippen MR) is 176 cm³/mol. The number of amides is 1. The summed E-state index contributed by atoms with van der Waals surface area (Å²) in [6, 6.07) is 12.1. The highest BCUT2D eigenvalue weighted by Gasteiger charge is 2.37. The number of phosphoric acid groups is 1. The van der Waals surface area contributed by atoms with Gasteiger partial charge in [0, 0.05) is 31.2 Å². The number of phosphoric ester groups is 1. The molecule has 9 nitrogen and oxygen atoms in total. The lowest BCUT2D eigenvalue weighted by atomic mass is 9.87. The van der Waals surface area contributed by atoms with Gasteiger partial charge in [-0.15, -0.1) is 0 Å². The fourth-order valence-corrected chi connectivity index (χ4v) is 6.49. The van der Waals surface area contributed by atoms with E-state index in [4.69, 9.17) is 39.4 Å². The number of hydrogen-bond acceptors (Lipinski definition) is 9. The van der Waals surface area contributed by atoms with E-state index in [1.165, 1.54) is 19.8 Å². The monoisotopic (exact) mass is 673 g/mol. The first-order valence-corrected chi connectivity index (χ1v) is 17.2. The Kier molecular flexibility index (Phi) is 14.6. The number of ether oxygens (including phenoxy) is 3. The molecule has 0 fully saturated rings. The van der Waals surface area contributed by atoms with Gasteiger partial charge in [0.15, 0.2) is 6.79 Å². The highest BCUT2D eigenvalue weighted by molar-refractivity contribution is 7.99. The molecule has 2 aromatic carbocycles. The van der Waals surface area contributed by atoms with Gasteiger partial charge in [-0.2, -0.15) is 0 Å². The molecular weight excluding hydrogens is 625 g/mol. The van der Waals surface area contributed by atoms with Gasteiger partial charge in [-0.1, -0.05) is 69.6 Å². The number of carbonyl (C=O) groups excluding carboxylic acids is 1. The second-order valence-electron chi connectivity index (χ2n) is 12.6. The van der Waals surface area contributed by atoms with E-state index in [0.717, 1.165) is 21.1 Å². The van der Waals surface area contributed by atoms with Crippen molar-refractivity contribution in [2.45, 2.75) is 100 Å². The predicted octanol–water partition coefficient (Wildman–Crippen LogP) is 9.19. The molecule has 12 heteroatoms. The van der Waals surface area contributed by atoms with Crippen LogP contribution in [0.25, 0.3) is 0 Å². The van der Waals surface area contributed by atoms with E-state index < -0.39 is 25.1 Å². The van der Waals surface area contributed by atoms with Crippen LogP contribution in [0.1, 0.15) is 78.9 Å². The lowest BCUT2D eigenvalue weighted by Crippen LogP contribution is -2.53. The highest BCUT2D eigenvalue weighted by atomic mass is 35.5. The highest BCUT2D eigenvalue weighted by Crippen LogP contribution is 2.48. The van der Waals surface area contributed by atoms with Crippen LogP contribution in [0.3, 0.4) is 0 Å². The summed E-state index contributed by atoms with van der Waals surface area (Å²) in [6.07, 6.45) is 1.59. The number of aryl methyl sites for hydroxylation is 1. The summed E-state index contributed by atoms with van der Waals surface area (Å²) in [7, 11) is 0.292. The second-order valence-corrected chi connectivity index (χ2v) is 16.0. The Morgan fingerprint density at radius 2 is 1.66 bits per heavy atom. The fraction of sp³-hybridized carbons (Fsp3) is 0.594. The molecule has 1 atom stereocenters. The Morgan fingerprint density at radius 1 is 0.977 bits per heavy atom. The quantitative estimate of drug-likeness (QED) is 0.138. The van der Waals surface area contributed by atoms with Crippen molar-refractivity contribution in [1.82, 2.24) is 5.32 Å². The summed E-state index contributed by atoms with van der Waals surface area (Å²) >= 11 is 8.39. The zero-order chi connectivity index (χ0) is 33.2. The number of benzene rings is 2. The number of halogens is 1. The van der Waals surface area contributed by atoms with Crippen molar-refractivity contribution in [2.75, 3.05) is 34.7 Å². The number of hydrogen-bond donors (Lipinski definition) is 1. The Balaban J connectivity index is 2.34. The van der Waals surface area contributed by atoms with Crippen molar-refractivity contribution >= 4 is 37.3 Å². The first kappa shape index (κ1) is 38.4. The molecule has 0 aliphatic rings. The largest absolute Gasteiger partial charge is 0.474 e. The topological polar surface area (TPSA) is 102 Å². The van der Waals surface area contributed by atoms with Gasteiger partial charge in [0.1, 0.15) is 11.4 Å². The van der Waals surface area contributed by atoms with Crippen LogP contribution in [0.5, 0.6) is 5.75 Å². The van der Waals surface area contributed by atoms with Crippen LogP contribution in [0.2, 0.25) is 5.02 Å². The van der Waals surface area contributed by atoms with Gasteiger partial charge in [-0.3, -0.25) is 13.6 Å². The van der Waals surface area contributed by atoms with Crippen LogP contribution >= 0.6 is 31.2 Å². The fourth-order valence-electron chi connectivity index (χ4n) is 4.40. The molecule has 1 amide bonds. The zero-order valence-electron chi connectivity index (χ0n) is 27.7. The molecule has 44 heavy (non-hydrogen) atoms. The molecule has 0 spiro atoms. The maximum Gasteiger partial charge on any atom is 0.474 e. The first-order valence-electron chi connectivity index (χ1n) is 14.6. The van der Waals surface area contributed by atoms with Crippen LogP contribution in [0.15, 0.2) is 46.2 Å². The standard InChI is InChI=1S/C32H49ClNO8PS/c1-11-17-32(21-41-43(36,38-9)39-10,34-29(35)42-31(5,6)7)18-16-23-12-14-25(20-26(23)33)44-28-19-24(30(2,3)4)13-15-27(28)40-22-37-8/h12-15,19-20H,11,16-18,21-22H2,1-10H3,(H,34,35)/t32-/m0/s1. The van der Waals surface area contributed by atoms with Crippen molar-refractivity contribution < 1.29 is 37.1 Å². The molecule has 2 aromatic rings. The van der Waals surface area contributed by atoms with Crippen molar-refractivity contribution in [3.05, 3.63) is 52.5 Å². The Morgan fingerprint density at radius 3 is 2.20 bits per heavy atom. The lowest BCUT2D eigenvalue weighted by molar-refractivity contribution is 0.0351. The number of alkyl carbamates (subject to hydrolysis) is 1. The third kappa shape index (κ3) is 12.2. The van der Waals surface area contributed by atoms with Crippen LogP contribution in [0.4, 0.5) is 4.79 Å². The van der Waals surface area contributed by atoms with E-state index >= 15 is 0 Å². The summed E-state index contributed by atoms with van der Waals surface area (Å²) in [5.74, 6) is 0.729. The molecule has 0 saturated heterocycles. The molecule has 0 saturated carbocycles. The van der Waals surface area contributed by atoms with Gasteiger partial charge >= 0.3 is 13.9 Å². The van der Waals surface area contributed by atoms with Crippen LogP contribution in [-0.2, 0) is 39.4 Å². The van der Waals surface area contributed by atoms with E-state index in [1.807, 2.05) is 31.2 Å². The van der Waals surface area contributed by atoms with Crippen molar-refractivity contribution in [3.8, 4) is 5.75 Å². The summed E-state index contributed by atoms with van der Waals surface area (Å²) < 4.78 is 44.8. The van der Waals surface area contributed by atoms with E-state index in [0.29, 0.717) is 30.7 Å². The van der Waals surface area contributed by atoms with Gasteiger partial charge in [0.2, 0.25) is 0 Å². The molecular formula is C32H49ClNO8PS. The smallest absolute Gasteiger partial charge is 0.466 e. The first-order chi connectivity index (χ1) is 20.5.